The van der Waals surface area contributed by atoms with Crippen LogP contribution < -0.4 is 18.9 Å². The molecule has 2 aromatic carbocycles. The minimum Gasteiger partial charge on any atom is -0.483 e. The van der Waals surface area contributed by atoms with E-state index in [4.69, 9.17) is 38.2 Å². The molecule has 0 saturated heterocycles. The summed E-state index contributed by atoms with van der Waals surface area (Å²) in [7, 11) is 0. The molecule has 0 aromatic heterocycles. The summed E-state index contributed by atoms with van der Waals surface area (Å²) < 4.78 is 24.6. The van der Waals surface area contributed by atoms with Gasteiger partial charge in [-0.25, -0.2) is 0 Å². The molecular weight excluding hydrogens is 536 g/mol. The summed E-state index contributed by atoms with van der Waals surface area (Å²) in [5.41, 5.74) is 4.19. The highest BCUT2D eigenvalue weighted by Gasteiger charge is 2.54. The largest absolute Gasteiger partial charge is 0.483 e. The Balaban J connectivity index is 1.75. The summed E-state index contributed by atoms with van der Waals surface area (Å²) in [5.74, 6) is 10.4. The fourth-order valence-corrected chi connectivity index (χ4v) is 6.25. The van der Waals surface area contributed by atoms with Gasteiger partial charge in [-0.2, -0.15) is 0 Å². The smallest absolute Gasteiger partial charge is 0.165 e. The fraction of sp³-hybridized carbons (Fsp3) is 0.421. The maximum atomic E-state index is 10.8. The van der Waals surface area contributed by atoms with Gasteiger partial charge in [-0.05, 0) is 92.8 Å². The number of benzene rings is 2. The number of terminal acetylenes is 3. The van der Waals surface area contributed by atoms with E-state index in [0.717, 1.165) is 40.8 Å². The number of ether oxygens (including phenoxy) is 4. The summed E-state index contributed by atoms with van der Waals surface area (Å²) in [6, 6.07) is 7.99. The summed E-state index contributed by atoms with van der Waals surface area (Å²) in [4.78, 5) is 0. The third-order valence-corrected chi connectivity index (χ3v) is 8.63. The molecule has 5 nitrogen and oxygen atoms in total. The molecule has 1 aliphatic carbocycles. The van der Waals surface area contributed by atoms with Crippen molar-refractivity contribution in [3.05, 3.63) is 58.2 Å². The summed E-state index contributed by atoms with van der Waals surface area (Å²) in [5, 5.41) is 10.8. The molecule has 0 spiro atoms. The number of aliphatic hydroxyl groups is 1. The molecule has 1 N–H and O–H groups in total. The van der Waals surface area contributed by atoms with Gasteiger partial charge < -0.3 is 24.1 Å². The molecule has 0 amide bonds. The molecule has 43 heavy (non-hydrogen) atoms. The molecule has 0 unspecified atom stereocenters. The average molecular weight is 579 g/mol. The first-order chi connectivity index (χ1) is 20.5. The van der Waals surface area contributed by atoms with Crippen LogP contribution in [0, 0.1) is 48.4 Å². The molecule has 2 aliphatic rings. The lowest BCUT2D eigenvalue weighted by Gasteiger charge is -2.55. The zero-order chi connectivity index (χ0) is 31.2. The lowest BCUT2D eigenvalue weighted by molar-refractivity contribution is -0.138. The van der Waals surface area contributed by atoms with Gasteiger partial charge in [-0.3, -0.25) is 0 Å². The van der Waals surface area contributed by atoms with Gasteiger partial charge in [-0.15, -0.1) is 19.3 Å². The molecule has 1 saturated carbocycles. The third kappa shape index (κ3) is 7.05. The molecule has 1 heterocycles. The van der Waals surface area contributed by atoms with E-state index >= 15 is 0 Å². The summed E-state index contributed by atoms with van der Waals surface area (Å²) >= 11 is 0. The van der Waals surface area contributed by atoms with E-state index in [1.165, 1.54) is 5.57 Å². The van der Waals surface area contributed by atoms with Crippen molar-refractivity contribution in [2.24, 2.45) is 11.3 Å². The molecule has 4 rings (SSSR count). The highest BCUT2D eigenvalue weighted by molar-refractivity contribution is 5.74. The number of rotatable bonds is 10. The van der Waals surface area contributed by atoms with Gasteiger partial charge in [0.15, 0.2) is 11.5 Å². The quantitative estimate of drug-likeness (QED) is 0.189. The Labute approximate surface area is 257 Å². The minimum atomic E-state index is -0.405. The maximum Gasteiger partial charge on any atom is 0.165 e. The average Bonchev–Trinajstić information content (AvgIpc) is 2.97. The van der Waals surface area contributed by atoms with E-state index in [0.29, 0.717) is 30.1 Å². The second-order valence-corrected chi connectivity index (χ2v) is 12.3. The molecule has 0 bridgehead atoms. The van der Waals surface area contributed by atoms with Crippen LogP contribution in [-0.2, 0) is 12.8 Å². The first-order valence-electron chi connectivity index (χ1n) is 14.7. The molecule has 5 heteroatoms. The van der Waals surface area contributed by atoms with Crippen LogP contribution in [0.5, 0.6) is 23.0 Å². The Morgan fingerprint density at radius 1 is 0.907 bits per heavy atom. The second kappa shape index (κ2) is 13.4. The van der Waals surface area contributed by atoms with Gasteiger partial charge in [0, 0.05) is 11.5 Å². The van der Waals surface area contributed by atoms with E-state index in [2.05, 4.69) is 50.7 Å². The van der Waals surface area contributed by atoms with Crippen LogP contribution in [0.2, 0.25) is 0 Å². The van der Waals surface area contributed by atoms with Gasteiger partial charge in [0.1, 0.15) is 36.9 Å². The van der Waals surface area contributed by atoms with Gasteiger partial charge >= 0.3 is 0 Å². The van der Waals surface area contributed by atoms with Crippen molar-refractivity contribution >= 4 is 12.2 Å². The van der Waals surface area contributed by atoms with Gasteiger partial charge in [-0.1, -0.05) is 55.4 Å². The fourth-order valence-electron chi connectivity index (χ4n) is 6.25. The van der Waals surface area contributed by atoms with Crippen molar-refractivity contribution < 1.29 is 24.1 Å². The van der Waals surface area contributed by atoms with Crippen LogP contribution in [0.1, 0.15) is 69.7 Å². The maximum absolute atomic E-state index is 10.8. The second-order valence-electron chi connectivity index (χ2n) is 12.3. The number of aliphatic hydroxyl groups excluding tert-OH is 1. The molecule has 3 atom stereocenters. The highest BCUT2D eigenvalue weighted by Crippen LogP contribution is 2.55. The van der Waals surface area contributed by atoms with E-state index in [1.807, 2.05) is 44.2 Å². The predicted octanol–water partition coefficient (Wildman–Crippen LogP) is 6.89. The number of allylic oxidation sites excluding steroid dienone is 2. The zero-order valence-corrected chi connectivity index (χ0v) is 26.0. The number of hydrogen-bond acceptors (Lipinski definition) is 5. The summed E-state index contributed by atoms with van der Waals surface area (Å²) in [6.07, 6.45) is 25.2. The number of hydrogen-bond donors (Lipinski definition) is 1. The van der Waals surface area contributed by atoms with Crippen LogP contribution in [0.25, 0.3) is 12.2 Å². The Bertz CT molecular complexity index is 1480. The minimum absolute atomic E-state index is 0.131. The first kappa shape index (κ1) is 31.7. The van der Waals surface area contributed by atoms with Gasteiger partial charge in [0.05, 0.1) is 6.10 Å². The molecule has 0 radical (unpaired) electrons. The van der Waals surface area contributed by atoms with Crippen LogP contribution >= 0.6 is 0 Å². The Morgan fingerprint density at radius 3 is 2.00 bits per heavy atom. The van der Waals surface area contributed by atoms with Crippen molar-refractivity contribution in [3.8, 4) is 60.0 Å². The van der Waals surface area contributed by atoms with Gasteiger partial charge in [0.2, 0.25) is 0 Å². The molecule has 1 fully saturated rings. The number of fused-ring (bicyclic) bond motifs is 2. The van der Waals surface area contributed by atoms with E-state index < -0.39 is 5.60 Å². The van der Waals surface area contributed by atoms with Crippen LogP contribution in [0.3, 0.4) is 0 Å². The topological polar surface area (TPSA) is 57.2 Å². The summed E-state index contributed by atoms with van der Waals surface area (Å²) in [6.45, 7) is 10.9. The monoisotopic (exact) mass is 578 g/mol. The van der Waals surface area contributed by atoms with Crippen LogP contribution in [0.15, 0.2) is 35.9 Å². The van der Waals surface area contributed by atoms with E-state index in [-0.39, 0.29) is 37.3 Å². The lowest BCUT2D eigenvalue weighted by atomic mass is 9.57. The molecule has 2 aromatic rings. The van der Waals surface area contributed by atoms with E-state index in [1.54, 1.807) is 0 Å². The molecule has 1 aliphatic heterocycles. The molecular formula is C38H42O5. The van der Waals surface area contributed by atoms with Crippen molar-refractivity contribution in [3.63, 3.8) is 0 Å². The first-order valence-corrected chi connectivity index (χ1v) is 14.7. The third-order valence-electron chi connectivity index (χ3n) is 8.63. The van der Waals surface area contributed by atoms with Crippen LogP contribution in [-0.4, -0.2) is 36.6 Å². The van der Waals surface area contributed by atoms with Crippen molar-refractivity contribution in [2.75, 3.05) is 19.8 Å². The van der Waals surface area contributed by atoms with Gasteiger partial charge in [0.25, 0.3) is 0 Å². The van der Waals surface area contributed by atoms with E-state index in [9.17, 15) is 5.11 Å². The molecule has 224 valence electrons. The zero-order valence-electron chi connectivity index (χ0n) is 26.0. The Hall–Kier alpha value is -4.24. The normalized spacial score (nSPS) is 21.7. The predicted molar refractivity (Wildman–Crippen MR) is 173 cm³/mol. The van der Waals surface area contributed by atoms with Crippen molar-refractivity contribution in [1.82, 2.24) is 0 Å². The van der Waals surface area contributed by atoms with Crippen LogP contribution in [0.4, 0.5) is 0 Å². The Kier molecular flexibility index (Phi) is 9.86. The van der Waals surface area contributed by atoms with Crippen molar-refractivity contribution in [2.45, 2.75) is 72.0 Å². The standard InChI is InChI=1S/C38H42O5/c1-9-18-40-31-22-28(23-32(41-19-10-2)30(31)15-12-26(4)5)14-13-27-21-29-25-34-37(6,7)35(39)16-17-38(34,8)43-36(29)33(24-27)42-20-11-3/h1-3,12-14,21-24,34-35,39H,15-20,25H2,4-8H3/b14-13+/t34-,35-,38-/m1/s1. The Morgan fingerprint density at radius 2 is 1.44 bits per heavy atom. The lowest BCUT2D eigenvalue weighted by Crippen LogP contribution is -2.58. The van der Waals surface area contributed by atoms with Crippen molar-refractivity contribution in [1.29, 1.82) is 0 Å². The SMILES string of the molecule is C#CCOc1cc(/C=C/c2cc3c(c(OCC#C)c2)O[C@]2(C)CC[C@@H](O)C(C)(C)[C@H]2C3)cc(OCC#C)c1CC=C(C)C. The highest BCUT2D eigenvalue weighted by atomic mass is 16.5.